The van der Waals surface area contributed by atoms with Gasteiger partial charge in [-0.15, -0.1) is 0 Å². The SMILES string of the molecule is CC1CCCCN1CCCNC1CNC1. The van der Waals surface area contributed by atoms with Crippen molar-refractivity contribution in [2.24, 2.45) is 0 Å². The number of piperidine rings is 1. The first-order valence-electron chi connectivity index (χ1n) is 6.54. The summed E-state index contributed by atoms with van der Waals surface area (Å²) < 4.78 is 0. The van der Waals surface area contributed by atoms with Crippen LogP contribution in [-0.2, 0) is 0 Å². The van der Waals surface area contributed by atoms with E-state index in [1.807, 2.05) is 0 Å². The minimum absolute atomic E-state index is 0.753. The number of likely N-dealkylation sites (tertiary alicyclic amines) is 1. The van der Waals surface area contributed by atoms with Gasteiger partial charge in [0.25, 0.3) is 0 Å². The van der Waals surface area contributed by atoms with Gasteiger partial charge in [-0.1, -0.05) is 6.42 Å². The predicted molar refractivity (Wildman–Crippen MR) is 64.2 cm³/mol. The molecule has 3 heteroatoms. The van der Waals surface area contributed by atoms with Crippen LogP contribution in [0.1, 0.15) is 32.6 Å². The van der Waals surface area contributed by atoms with Crippen molar-refractivity contribution in [2.45, 2.75) is 44.7 Å². The van der Waals surface area contributed by atoms with Crippen molar-refractivity contribution < 1.29 is 0 Å². The third kappa shape index (κ3) is 3.44. The molecular formula is C12H25N3. The first kappa shape index (κ1) is 11.4. The van der Waals surface area contributed by atoms with Crippen molar-refractivity contribution in [2.75, 3.05) is 32.7 Å². The lowest BCUT2D eigenvalue weighted by atomic mass is 10.0. The van der Waals surface area contributed by atoms with Crippen LogP contribution < -0.4 is 10.6 Å². The van der Waals surface area contributed by atoms with Crippen molar-refractivity contribution in [1.82, 2.24) is 15.5 Å². The van der Waals surface area contributed by atoms with E-state index in [-0.39, 0.29) is 0 Å². The van der Waals surface area contributed by atoms with Crippen molar-refractivity contribution >= 4 is 0 Å². The van der Waals surface area contributed by atoms with Gasteiger partial charge in [-0.3, -0.25) is 0 Å². The highest BCUT2D eigenvalue weighted by atomic mass is 15.2. The lowest BCUT2D eigenvalue weighted by molar-refractivity contribution is 0.158. The molecule has 1 atom stereocenters. The van der Waals surface area contributed by atoms with Crippen LogP contribution in [-0.4, -0.2) is 49.7 Å². The minimum atomic E-state index is 0.753. The fourth-order valence-electron chi connectivity index (χ4n) is 2.51. The molecule has 2 aliphatic rings. The highest BCUT2D eigenvalue weighted by Crippen LogP contribution is 2.15. The van der Waals surface area contributed by atoms with Crippen molar-refractivity contribution in [3.63, 3.8) is 0 Å². The molecule has 0 saturated carbocycles. The van der Waals surface area contributed by atoms with Gasteiger partial charge in [-0.05, 0) is 45.8 Å². The molecule has 2 fully saturated rings. The maximum absolute atomic E-state index is 3.58. The predicted octanol–water partition coefficient (Wildman–Crippen LogP) is 0.812. The summed E-state index contributed by atoms with van der Waals surface area (Å²) in [4.78, 5) is 2.66. The summed E-state index contributed by atoms with van der Waals surface area (Å²) >= 11 is 0. The van der Waals surface area contributed by atoms with Crippen molar-refractivity contribution in [3.05, 3.63) is 0 Å². The molecule has 0 bridgehead atoms. The van der Waals surface area contributed by atoms with Gasteiger partial charge in [0.15, 0.2) is 0 Å². The largest absolute Gasteiger partial charge is 0.314 e. The molecule has 0 aromatic heterocycles. The Labute approximate surface area is 93.6 Å². The maximum Gasteiger partial charge on any atom is 0.0317 e. The Morgan fingerprint density at radius 2 is 2.20 bits per heavy atom. The second-order valence-corrected chi connectivity index (χ2v) is 5.04. The highest BCUT2D eigenvalue weighted by molar-refractivity contribution is 4.81. The summed E-state index contributed by atoms with van der Waals surface area (Å²) in [5.41, 5.74) is 0. The molecule has 0 amide bonds. The third-order valence-corrected chi connectivity index (χ3v) is 3.78. The van der Waals surface area contributed by atoms with Gasteiger partial charge >= 0.3 is 0 Å². The van der Waals surface area contributed by atoms with E-state index in [1.54, 1.807) is 0 Å². The molecule has 1 unspecified atom stereocenters. The molecule has 0 aromatic carbocycles. The molecule has 88 valence electrons. The van der Waals surface area contributed by atoms with Crippen molar-refractivity contribution in [1.29, 1.82) is 0 Å². The molecule has 2 saturated heterocycles. The van der Waals surface area contributed by atoms with Crippen molar-refractivity contribution in [3.8, 4) is 0 Å². The van der Waals surface area contributed by atoms with Gasteiger partial charge in [0.1, 0.15) is 0 Å². The van der Waals surface area contributed by atoms with E-state index in [4.69, 9.17) is 0 Å². The Morgan fingerprint density at radius 3 is 2.87 bits per heavy atom. The zero-order chi connectivity index (χ0) is 10.5. The Hall–Kier alpha value is -0.120. The average Bonchev–Trinajstić information content (AvgIpc) is 2.17. The van der Waals surface area contributed by atoms with Crippen LogP contribution in [0.5, 0.6) is 0 Å². The number of hydrogen-bond acceptors (Lipinski definition) is 3. The molecule has 2 heterocycles. The van der Waals surface area contributed by atoms with Crippen LogP contribution >= 0.6 is 0 Å². The van der Waals surface area contributed by atoms with E-state index < -0.39 is 0 Å². The Balaban J connectivity index is 1.52. The molecule has 0 radical (unpaired) electrons. The number of rotatable bonds is 5. The summed E-state index contributed by atoms with van der Waals surface area (Å²) in [6, 6.07) is 1.58. The van der Waals surface area contributed by atoms with Crippen LogP contribution in [0.15, 0.2) is 0 Å². The standard InChI is InChI=1S/C12H25N3/c1-11-5-2-3-7-15(11)8-4-6-14-12-9-13-10-12/h11-14H,2-10H2,1H3. The minimum Gasteiger partial charge on any atom is -0.314 e. The normalized spacial score (nSPS) is 29.0. The van der Waals surface area contributed by atoms with E-state index in [1.165, 1.54) is 58.4 Å². The van der Waals surface area contributed by atoms with E-state index in [2.05, 4.69) is 22.5 Å². The average molecular weight is 211 g/mol. The number of nitrogens with one attached hydrogen (secondary N) is 2. The zero-order valence-corrected chi connectivity index (χ0v) is 9.97. The van der Waals surface area contributed by atoms with E-state index in [0.717, 1.165) is 12.1 Å². The molecule has 0 aliphatic carbocycles. The molecule has 2 rings (SSSR count). The van der Waals surface area contributed by atoms with Gasteiger partial charge in [0.2, 0.25) is 0 Å². The summed E-state index contributed by atoms with van der Waals surface area (Å²) in [5.74, 6) is 0. The third-order valence-electron chi connectivity index (χ3n) is 3.78. The quantitative estimate of drug-likeness (QED) is 0.659. The summed E-state index contributed by atoms with van der Waals surface area (Å²) in [6.45, 7) is 8.51. The van der Waals surface area contributed by atoms with E-state index >= 15 is 0 Å². The lowest BCUT2D eigenvalue weighted by Crippen LogP contribution is -2.55. The van der Waals surface area contributed by atoms with Crippen LogP contribution in [0.25, 0.3) is 0 Å². The van der Waals surface area contributed by atoms with Crippen LogP contribution in [0, 0.1) is 0 Å². The summed E-state index contributed by atoms with van der Waals surface area (Å²) in [7, 11) is 0. The topological polar surface area (TPSA) is 27.3 Å². The fraction of sp³-hybridized carbons (Fsp3) is 1.00. The Morgan fingerprint density at radius 1 is 1.33 bits per heavy atom. The van der Waals surface area contributed by atoms with Crippen LogP contribution in [0.2, 0.25) is 0 Å². The van der Waals surface area contributed by atoms with Gasteiger partial charge in [0.05, 0.1) is 0 Å². The van der Waals surface area contributed by atoms with Gasteiger partial charge < -0.3 is 15.5 Å². The first-order valence-corrected chi connectivity index (χ1v) is 6.54. The first-order chi connectivity index (χ1) is 7.36. The summed E-state index contributed by atoms with van der Waals surface area (Å²) in [6.07, 6.45) is 5.55. The van der Waals surface area contributed by atoms with Gasteiger partial charge in [-0.2, -0.15) is 0 Å². The second-order valence-electron chi connectivity index (χ2n) is 5.04. The molecule has 3 nitrogen and oxygen atoms in total. The van der Waals surface area contributed by atoms with E-state index in [9.17, 15) is 0 Å². The van der Waals surface area contributed by atoms with Crippen LogP contribution in [0.4, 0.5) is 0 Å². The van der Waals surface area contributed by atoms with Crippen LogP contribution in [0.3, 0.4) is 0 Å². The Bertz CT molecular complexity index is 180. The molecule has 0 aromatic rings. The summed E-state index contributed by atoms with van der Waals surface area (Å²) in [5, 5.41) is 6.87. The number of hydrogen-bond donors (Lipinski definition) is 2. The molecule has 0 spiro atoms. The molecule has 15 heavy (non-hydrogen) atoms. The fourth-order valence-corrected chi connectivity index (χ4v) is 2.51. The Kier molecular flexibility index (Phi) is 4.42. The molecular weight excluding hydrogens is 186 g/mol. The monoisotopic (exact) mass is 211 g/mol. The van der Waals surface area contributed by atoms with E-state index in [0.29, 0.717) is 0 Å². The van der Waals surface area contributed by atoms with Gasteiger partial charge in [0, 0.05) is 25.2 Å². The smallest absolute Gasteiger partial charge is 0.0317 e. The lowest BCUT2D eigenvalue weighted by Gasteiger charge is -2.34. The molecule has 2 N–H and O–H groups in total. The zero-order valence-electron chi connectivity index (χ0n) is 9.97. The second kappa shape index (κ2) is 5.83. The van der Waals surface area contributed by atoms with Gasteiger partial charge in [-0.25, -0.2) is 0 Å². The molecule has 2 aliphatic heterocycles. The highest BCUT2D eigenvalue weighted by Gasteiger charge is 2.18. The maximum atomic E-state index is 3.58. The number of nitrogens with zero attached hydrogens (tertiary/aromatic N) is 1.